The fourth-order valence-electron chi connectivity index (χ4n) is 1.89. The molecule has 2 heterocycles. The van der Waals surface area contributed by atoms with E-state index in [1.54, 1.807) is 0 Å². The first-order chi connectivity index (χ1) is 7.58. The van der Waals surface area contributed by atoms with Gasteiger partial charge in [-0.25, -0.2) is 0 Å². The van der Waals surface area contributed by atoms with Gasteiger partial charge in [-0.15, -0.1) is 0 Å². The minimum atomic E-state index is 0.118. The maximum Gasteiger partial charge on any atom is 0.220 e. The number of fused-ring (bicyclic) bond motifs is 2. The zero-order valence-corrected chi connectivity index (χ0v) is 10.4. The number of hydrogen-bond donors (Lipinski definition) is 0. The van der Waals surface area contributed by atoms with Crippen molar-refractivity contribution in [3.8, 4) is 0 Å². The summed E-state index contributed by atoms with van der Waals surface area (Å²) < 4.78 is 0. The Balaban J connectivity index is 2.41. The van der Waals surface area contributed by atoms with Crippen molar-refractivity contribution in [3.63, 3.8) is 0 Å². The van der Waals surface area contributed by atoms with Crippen LogP contribution in [-0.2, 0) is 9.59 Å². The summed E-state index contributed by atoms with van der Waals surface area (Å²) in [5, 5.41) is 2.22. The van der Waals surface area contributed by atoms with Gasteiger partial charge < -0.3 is 0 Å². The minimum absolute atomic E-state index is 0.118. The Labute approximate surface area is 101 Å². The van der Waals surface area contributed by atoms with Crippen LogP contribution < -0.4 is 10.4 Å². The van der Waals surface area contributed by atoms with Crippen molar-refractivity contribution < 1.29 is 9.59 Å². The number of benzene rings is 1. The normalized spacial score (nSPS) is 18.1. The highest BCUT2D eigenvalue weighted by Crippen LogP contribution is 2.30. The minimum Gasteiger partial charge on any atom is -0.282 e. The van der Waals surface area contributed by atoms with E-state index in [1.165, 1.54) is 23.5 Å². The van der Waals surface area contributed by atoms with Crippen molar-refractivity contribution in [1.82, 2.24) is 0 Å². The van der Waals surface area contributed by atoms with Gasteiger partial charge in [-0.3, -0.25) is 9.59 Å². The summed E-state index contributed by atoms with van der Waals surface area (Å²) in [7, 11) is 0. The van der Waals surface area contributed by atoms with Crippen LogP contribution in [0.15, 0.2) is 21.9 Å². The maximum atomic E-state index is 11.6. The molecular formula is C12H8O2S2. The van der Waals surface area contributed by atoms with Gasteiger partial charge in [-0.05, 0) is 59.9 Å². The second-order valence-electron chi connectivity index (χ2n) is 3.87. The highest BCUT2D eigenvalue weighted by molar-refractivity contribution is 8.15. The Kier molecular flexibility index (Phi) is 2.06. The summed E-state index contributed by atoms with van der Waals surface area (Å²) >= 11 is 2.52. The van der Waals surface area contributed by atoms with Crippen LogP contribution in [0, 0.1) is 0 Å². The molecule has 0 saturated carbocycles. The lowest BCUT2D eigenvalue weighted by atomic mass is 10.1. The SMILES string of the molecule is CC1=c2cc3c(cc2SC1=O)=C(C)C(=O)S3. The third kappa shape index (κ3) is 1.23. The average molecular weight is 248 g/mol. The van der Waals surface area contributed by atoms with Gasteiger partial charge in [0.1, 0.15) is 0 Å². The van der Waals surface area contributed by atoms with Crippen molar-refractivity contribution >= 4 is 44.9 Å². The Morgan fingerprint density at radius 3 is 1.56 bits per heavy atom. The molecule has 0 bridgehead atoms. The summed E-state index contributed by atoms with van der Waals surface area (Å²) in [6, 6.07) is 3.94. The standard InChI is InChI=1S/C12H8O2S2/c1-5-7-3-10-8(6(2)12(14)16-10)4-9(7)15-11(5)13/h3-4H,1-2H3. The highest BCUT2D eigenvalue weighted by atomic mass is 32.2. The predicted molar refractivity (Wildman–Crippen MR) is 65.6 cm³/mol. The number of hydrogen-bond acceptors (Lipinski definition) is 4. The molecule has 0 saturated heterocycles. The molecule has 0 aliphatic carbocycles. The molecule has 0 unspecified atom stereocenters. The highest BCUT2D eigenvalue weighted by Gasteiger charge is 2.23. The van der Waals surface area contributed by atoms with E-state index >= 15 is 0 Å². The van der Waals surface area contributed by atoms with E-state index in [2.05, 4.69) is 0 Å². The van der Waals surface area contributed by atoms with E-state index < -0.39 is 0 Å². The third-order valence-corrected chi connectivity index (χ3v) is 5.01. The van der Waals surface area contributed by atoms with Crippen LogP contribution in [0.4, 0.5) is 0 Å². The summed E-state index contributed by atoms with van der Waals surface area (Å²) in [6.07, 6.45) is 0. The van der Waals surface area contributed by atoms with E-state index in [9.17, 15) is 9.59 Å². The quantitative estimate of drug-likeness (QED) is 0.693. The molecule has 16 heavy (non-hydrogen) atoms. The van der Waals surface area contributed by atoms with Crippen LogP contribution in [0.3, 0.4) is 0 Å². The molecule has 1 aromatic rings. The molecular weight excluding hydrogens is 240 g/mol. The van der Waals surface area contributed by atoms with Gasteiger partial charge in [-0.1, -0.05) is 0 Å². The number of thioether (sulfide) groups is 2. The fraction of sp³-hybridized carbons (Fsp3) is 0.167. The van der Waals surface area contributed by atoms with E-state index in [1.807, 2.05) is 26.0 Å². The molecule has 3 rings (SSSR count). The summed E-state index contributed by atoms with van der Waals surface area (Å²) in [4.78, 5) is 25.1. The van der Waals surface area contributed by atoms with Crippen LogP contribution in [0.2, 0.25) is 0 Å². The summed E-state index contributed by atoms with van der Waals surface area (Å²) in [6.45, 7) is 3.68. The zero-order chi connectivity index (χ0) is 11.4. The fourth-order valence-corrected chi connectivity index (χ4v) is 3.81. The molecule has 2 aliphatic heterocycles. The molecule has 0 amide bonds. The van der Waals surface area contributed by atoms with Crippen molar-refractivity contribution in [1.29, 1.82) is 0 Å². The van der Waals surface area contributed by atoms with Crippen molar-refractivity contribution in [2.75, 3.05) is 0 Å². The lowest BCUT2D eigenvalue weighted by Crippen LogP contribution is -2.13. The first-order valence-electron chi connectivity index (χ1n) is 4.88. The Bertz CT molecular complexity index is 611. The summed E-state index contributed by atoms with van der Waals surface area (Å²) in [5.41, 5.74) is 1.58. The van der Waals surface area contributed by atoms with Crippen molar-refractivity contribution in [2.24, 2.45) is 0 Å². The molecule has 4 heteroatoms. The molecule has 2 nitrogen and oxygen atoms in total. The first-order valence-corrected chi connectivity index (χ1v) is 6.51. The molecule has 0 atom stereocenters. The van der Waals surface area contributed by atoms with Gasteiger partial charge in [0.05, 0.1) is 0 Å². The van der Waals surface area contributed by atoms with Gasteiger partial charge in [0.25, 0.3) is 0 Å². The number of carbonyl (C=O) groups excluding carboxylic acids is 2. The van der Waals surface area contributed by atoms with Gasteiger partial charge in [0.2, 0.25) is 10.2 Å². The van der Waals surface area contributed by atoms with Crippen LogP contribution >= 0.6 is 23.5 Å². The van der Waals surface area contributed by atoms with Gasteiger partial charge >= 0.3 is 0 Å². The molecule has 0 spiro atoms. The molecule has 1 aromatic carbocycles. The number of carbonyl (C=O) groups is 2. The summed E-state index contributed by atoms with van der Waals surface area (Å²) in [5.74, 6) is 0. The molecule has 0 radical (unpaired) electrons. The van der Waals surface area contributed by atoms with Crippen LogP contribution in [-0.4, -0.2) is 10.2 Å². The Hall–Kier alpha value is -1.000. The predicted octanol–water partition coefficient (Wildman–Crippen LogP) is 1.29. The van der Waals surface area contributed by atoms with Crippen LogP contribution in [0.5, 0.6) is 0 Å². The first kappa shape index (κ1) is 10.2. The van der Waals surface area contributed by atoms with E-state index in [-0.39, 0.29) is 10.2 Å². The molecule has 0 aromatic heterocycles. The molecule has 80 valence electrons. The Morgan fingerprint density at radius 2 is 1.19 bits per heavy atom. The monoisotopic (exact) mass is 248 g/mol. The topological polar surface area (TPSA) is 34.1 Å². The molecule has 0 N–H and O–H groups in total. The average Bonchev–Trinajstić information content (AvgIpc) is 2.67. The van der Waals surface area contributed by atoms with E-state index in [0.29, 0.717) is 0 Å². The van der Waals surface area contributed by atoms with Crippen LogP contribution in [0.1, 0.15) is 13.8 Å². The van der Waals surface area contributed by atoms with Gasteiger partial charge in [0.15, 0.2) is 0 Å². The third-order valence-electron chi connectivity index (χ3n) is 2.91. The van der Waals surface area contributed by atoms with Crippen molar-refractivity contribution in [2.45, 2.75) is 23.6 Å². The zero-order valence-electron chi connectivity index (χ0n) is 8.79. The van der Waals surface area contributed by atoms with E-state index in [0.717, 1.165) is 31.4 Å². The largest absolute Gasteiger partial charge is 0.282 e. The molecule has 0 fully saturated rings. The lowest BCUT2D eigenvalue weighted by Gasteiger charge is -1.95. The smallest absolute Gasteiger partial charge is 0.220 e. The second-order valence-corrected chi connectivity index (χ2v) is 5.90. The second kappa shape index (κ2) is 3.25. The van der Waals surface area contributed by atoms with Gasteiger partial charge in [0, 0.05) is 20.9 Å². The lowest BCUT2D eigenvalue weighted by molar-refractivity contribution is -0.107. The maximum absolute atomic E-state index is 11.6. The van der Waals surface area contributed by atoms with Gasteiger partial charge in [-0.2, -0.15) is 0 Å². The van der Waals surface area contributed by atoms with Crippen molar-refractivity contribution in [3.05, 3.63) is 22.6 Å². The van der Waals surface area contributed by atoms with Crippen LogP contribution in [0.25, 0.3) is 11.1 Å². The number of rotatable bonds is 0. The van der Waals surface area contributed by atoms with E-state index in [4.69, 9.17) is 0 Å². The Morgan fingerprint density at radius 1 is 0.812 bits per heavy atom. The molecule has 2 aliphatic rings.